The van der Waals surface area contributed by atoms with E-state index in [9.17, 15) is 9.59 Å². The summed E-state index contributed by atoms with van der Waals surface area (Å²) in [6, 6.07) is 19.0. The van der Waals surface area contributed by atoms with Crippen LogP contribution in [0.4, 0.5) is 0 Å². The van der Waals surface area contributed by atoms with Crippen molar-refractivity contribution < 1.29 is 19.1 Å². The summed E-state index contributed by atoms with van der Waals surface area (Å²) in [4.78, 5) is 26.1. The zero-order valence-corrected chi connectivity index (χ0v) is 19.8. The molecule has 0 aliphatic heterocycles. The van der Waals surface area contributed by atoms with E-state index in [1.807, 2.05) is 60.7 Å². The van der Waals surface area contributed by atoms with Gasteiger partial charge in [-0.25, -0.2) is 0 Å². The zero-order chi connectivity index (χ0) is 22.8. The van der Waals surface area contributed by atoms with E-state index in [-0.39, 0.29) is 48.7 Å². The summed E-state index contributed by atoms with van der Waals surface area (Å²) in [6.07, 6.45) is 2.09. The Bertz CT molecular complexity index is 1120. The SMILES string of the molecule is Cl.N[C@@]1(C(=O)OCc2ccccc2)C[C@@H](Sc2c[nH]nn2)[C@H]2[C@H](C(=O)OCc3ccccc3)[C@H]21. The molecule has 1 aromatic heterocycles. The lowest BCUT2D eigenvalue weighted by Gasteiger charge is -2.27. The number of ether oxygens (including phenoxy) is 2. The molecule has 3 N–H and O–H groups in total. The lowest BCUT2D eigenvalue weighted by Crippen LogP contribution is -2.51. The number of fused-ring (bicyclic) bond motifs is 1. The van der Waals surface area contributed by atoms with Gasteiger partial charge in [-0.05, 0) is 23.5 Å². The molecule has 2 aliphatic rings. The van der Waals surface area contributed by atoms with Crippen molar-refractivity contribution in [1.82, 2.24) is 15.4 Å². The van der Waals surface area contributed by atoms with Gasteiger partial charge < -0.3 is 15.2 Å². The van der Waals surface area contributed by atoms with Crippen LogP contribution in [0.3, 0.4) is 0 Å². The fourth-order valence-corrected chi connectivity index (χ4v) is 6.17. The van der Waals surface area contributed by atoms with E-state index in [1.54, 1.807) is 6.20 Å². The molecule has 10 heteroatoms. The van der Waals surface area contributed by atoms with E-state index in [0.29, 0.717) is 11.4 Å². The van der Waals surface area contributed by atoms with Crippen molar-refractivity contribution in [3.63, 3.8) is 0 Å². The topological polar surface area (TPSA) is 120 Å². The van der Waals surface area contributed by atoms with Crippen molar-refractivity contribution in [3.8, 4) is 0 Å². The number of halogens is 1. The van der Waals surface area contributed by atoms with Gasteiger partial charge in [-0.15, -0.1) is 17.5 Å². The number of nitrogens with zero attached hydrogens (tertiary/aromatic N) is 2. The van der Waals surface area contributed by atoms with Crippen molar-refractivity contribution in [2.45, 2.75) is 35.4 Å². The van der Waals surface area contributed by atoms with Crippen LogP contribution in [0.25, 0.3) is 0 Å². The third kappa shape index (κ3) is 4.82. The zero-order valence-electron chi connectivity index (χ0n) is 18.2. The molecule has 2 fully saturated rings. The van der Waals surface area contributed by atoms with Crippen molar-refractivity contribution in [1.29, 1.82) is 0 Å². The van der Waals surface area contributed by atoms with Crippen molar-refractivity contribution in [3.05, 3.63) is 78.0 Å². The molecule has 3 aromatic rings. The van der Waals surface area contributed by atoms with Crippen LogP contribution in [0.5, 0.6) is 0 Å². The first kappa shape index (κ1) is 24.3. The second-order valence-corrected chi connectivity index (χ2v) is 9.76. The molecule has 0 spiro atoms. The second-order valence-electron chi connectivity index (χ2n) is 8.50. The Morgan fingerprint density at radius 3 is 2.24 bits per heavy atom. The van der Waals surface area contributed by atoms with E-state index >= 15 is 0 Å². The van der Waals surface area contributed by atoms with Gasteiger partial charge >= 0.3 is 11.9 Å². The van der Waals surface area contributed by atoms with Gasteiger partial charge in [0, 0.05) is 11.2 Å². The van der Waals surface area contributed by atoms with Gasteiger partial charge in [0.05, 0.1) is 12.1 Å². The normalized spacial score (nSPS) is 26.7. The highest BCUT2D eigenvalue weighted by Crippen LogP contribution is 2.65. The highest BCUT2D eigenvalue weighted by atomic mass is 35.5. The molecule has 0 radical (unpaired) electrons. The number of H-pyrrole nitrogens is 1. The van der Waals surface area contributed by atoms with Crippen LogP contribution in [0, 0.1) is 17.8 Å². The molecule has 5 rings (SSSR count). The number of esters is 2. The quantitative estimate of drug-likeness (QED) is 0.452. The molecular weight excluding hydrogens is 476 g/mol. The monoisotopic (exact) mass is 500 g/mol. The molecule has 0 unspecified atom stereocenters. The summed E-state index contributed by atoms with van der Waals surface area (Å²) in [6.45, 7) is 0.326. The highest BCUT2D eigenvalue weighted by molar-refractivity contribution is 7.99. The maximum Gasteiger partial charge on any atom is 0.326 e. The van der Waals surface area contributed by atoms with Crippen LogP contribution in [0.2, 0.25) is 0 Å². The Kier molecular flexibility index (Phi) is 7.25. The Balaban J connectivity index is 0.00000274. The lowest BCUT2D eigenvalue weighted by atomic mass is 9.91. The van der Waals surface area contributed by atoms with Crippen LogP contribution in [-0.2, 0) is 32.3 Å². The minimum absolute atomic E-state index is 0. The van der Waals surface area contributed by atoms with Gasteiger partial charge in [-0.2, -0.15) is 0 Å². The summed E-state index contributed by atoms with van der Waals surface area (Å²) in [5.74, 6) is -1.66. The fourth-order valence-electron chi connectivity index (χ4n) is 4.80. The van der Waals surface area contributed by atoms with E-state index in [0.717, 1.165) is 11.1 Å². The number of aromatic amines is 1. The average Bonchev–Trinajstić information content (AvgIpc) is 3.27. The molecule has 178 valence electrons. The third-order valence-electron chi connectivity index (χ3n) is 6.39. The Morgan fingerprint density at radius 1 is 1.03 bits per heavy atom. The van der Waals surface area contributed by atoms with Gasteiger partial charge in [-0.3, -0.25) is 14.7 Å². The molecular formula is C24H25ClN4O4S. The number of aromatic nitrogens is 3. The number of rotatable bonds is 8. The number of nitrogens with two attached hydrogens (primary N) is 1. The van der Waals surface area contributed by atoms with Gasteiger partial charge in [-0.1, -0.05) is 77.6 Å². The minimum Gasteiger partial charge on any atom is -0.461 e. The Hall–Kier alpha value is -2.88. The first-order valence-corrected chi connectivity index (χ1v) is 11.7. The van der Waals surface area contributed by atoms with Gasteiger partial charge in [0.2, 0.25) is 0 Å². The highest BCUT2D eigenvalue weighted by Gasteiger charge is 2.74. The first-order chi connectivity index (χ1) is 16.1. The second kappa shape index (κ2) is 10.2. The number of benzene rings is 2. The van der Waals surface area contributed by atoms with E-state index in [1.165, 1.54) is 11.8 Å². The molecule has 0 saturated heterocycles. The van der Waals surface area contributed by atoms with E-state index in [4.69, 9.17) is 15.2 Å². The van der Waals surface area contributed by atoms with Crippen LogP contribution >= 0.6 is 24.2 Å². The molecule has 2 saturated carbocycles. The minimum atomic E-state index is -1.25. The molecule has 0 bridgehead atoms. The largest absolute Gasteiger partial charge is 0.461 e. The maximum absolute atomic E-state index is 13.1. The average molecular weight is 501 g/mol. The summed E-state index contributed by atoms with van der Waals surface area (Å²) >= 11 is 1.48. The molecule has 1 heterocycles. The molecule has 8 nitrogen and oxygen atoms in total. The number of carbonyl (C=O) groups excluding carboxylic acids is 2. The summed E-state index contributed by atoms with van der Waals surface area (Å²) < 4.78 is 11.2. The summed E-state index contributed by atoms with van der Waals surface area (Å²) in [5.41, 5.74) is 7.20. The molecule has 2 aliphatic carbocycles. The predicted octanol–water partition coefficient (Wildman–Crippen LogP) is 3.14. The number of carbonyl (C=O) groups is 2. The molecule has 2 aromatic carbocycles. The summed E-state index contributed by atoms with van der Waals surface area (Å²) in [5, 5.41) is 11.1. The van der Waals surface area contributed by atoms with Crippen LogP contribution in [-0.4, -0.2) is 38.1 Å². The van der Waals surface area contributed by atoms with Crippen LogP contribution < -0.4 is 5.73 Å². The Morgan fingerprint density at radius 2 is 1.65 bits per heavy atom. The predicted molar refractivity (Wildman–Crippen MR) is 128 cm³/mol. The molecule has 34 heavy (non-hydrogen) atoms. The van der Waals surface area contributed by atoms with Crippen molar-refractivity contribution in [2.24, 2.45) is 23.5 Å². The number of hydrogen-bond acceptors (Lipinski definition) is 8. The standard InChI is InChI=1S/C24H24N4O4S.ClH/c25-24(23(30)32-14-16-9-5-2-6-10-16)11-17(33-18-12-26-28-27-18)19-20(21(19)24)22(29)31-13-15-7-3-1-4-8-15;/h1-10,12,17,19-21H,11,13-14,25H2,(H,26,27,28);1H/t17-,19+,20+,21+,24+;/m1./s1. The van der Waals surface area contributed by atoms with Crippen LogP contribution in [0.15, 0.2) is 71.9 Å². The van der Waals surface area contributed by atoms with Gasteiger partial charge in [0.25, 0.3) is 0 Å². The van der Waals surface area contributed by atoms with Gasteiger partial charge in [0.1, 0.15) is 23.8 Å². The lowest BCUT2D eigenvalue weighted by molar-refractivity contribution is -0.153. The van der Waals surface area contributed by atoms with Crippen molar-refractivity contribution in [2.75, 3.05) is 0 Å². The van der Waals surface area contributed by atoms with Gasteiger partial charge in [0.15, 0.2) is 0 Å². The smallest absolute Gasteiger partial charge is 0.326 e. The number of thioether (sulfide) groups is 1. The maximum atomic E-state index is 13.1. The molecule has 5 atom stereocenters. The van der Waals surface area contributed by atoms with Crippen LogP contribution in [0.1, 0.15) is 17.5 Å². The molecule has 0 amide bonds. The fraction of sp³-hybridized carbons (Fsp3) is 0.333. The van der Waals surface area contributed by atoms with E-state index < -0.39 is 17.4 Å². The summed E-state index contributed by atoms with van der Waals surface area (Å²) in [7, 11) is 0. The number of nitrogens with one attached hydrogen (secondary N) is 1. The number of hydrogen-bond donors (Lipinski definition) is 2. The Labute approximate surface area is 207 Å². The van der Waals surface area contributed by atoms with E-state index in [2.05, 4.69) is 15.4 Å². The first-order valence-electron chi connectivity index (χ1n) is 10.8. The third-order valence-corrected chi connectivity index (χ3v) is 7.62. The van der Waals surface area contributed by atoms with Crippen molar-refractivity contribution >= 4 is 36.1 Å².